The Hall–Kier alpha value is -6.28. The average Bonchev–Trinajstić information content (AvgIpc) is 3.51. The van der Waals surface area contributed by atoms with Crippen molar-refractivity contribution in [1.29, 1.82) is 0 Å². The summed E-state index contributed by atoms with van der Waals surface area (Å²) in [6, 6.07) is 20.3. The second-order valence-electron chi connectivity index (χ2n) is 18.5. The molecule has 2 aromatic carbocycles. The fourth-order valence-electron chi connectivity index (χ4n) is 7.04. The number of nitrogens with one attached hydrogen (secondary N) is 9. The van der Waals surface area contributed by atoms with Gasteiger partial charge in [-0.25, -0.2) is 0 Å². The van der Waals surface area contributed by atoms with Crippen LogP contribution in [0.3, 0.4) is 0 Å². The van der Waals surface area contributed by atoms with Crippen LogP contribution in [-0.2, 0) is 6.54 Å². The van der Waals surface area contributed by atoms with Crippen molar-refractivity contribution >= 4 is 5.69 Å². The number of hydrogen-bond donors (Lipinski definition) is 9. The fraction of sp³-hybridized carbons (Fsp3) is 0.576. The number of piperazine rings is 1. The topological polar surface area (TPSA) is 124 Å². The van der Waals surface area contributed by atoms with Crippen LogP contribution in [0.4, 0.5) is 5.69 Å². The number of nitrogens with zero attached hydrogens (tertiary/aromatic N) is 5. The van der Waals surface area contributed by atoms with Crippen LogP contribution in [-0.4, -0.2) is 145 Å². The molecule has 4 fully saturated rings. The Balaban J connectivity index is -0.000000414. The summed E-state index contributed by atoms with van der Waals surface area (Å²) < 4.78 is 0. The largest absolute Gasteiger partial charge is 0.393 e. The molecule has 4 heterocycles. The lowest BCUT2D eigenvalue weighted by Gasteiger charge is -2.31. The summed E-state index contributed by atoms with van der Waals surface area (Å²) >= 11 is 0. The van der Waals surface area contributed by atoms with E-state index in [-0.39, 0.29) is 0 Å². The third kappa shape index (κ3) is 60.9. The highest BCUT2D eigenvalue weighted by molar-refractivity contribution is 5.44. The molecule has 14 heteroatoms. The molecule has 460 valence electrons. The highest BCUT2D eigenvalue weighted by Gasteiger charge is 2.09. The molecule has 4 saturated heterocycles. The maximum Gasteiger partial charge on any atom is 0.0395 e. The van der Waals surface area contributed by atoms with Crippen molar-refractivity contribution in [3.63, 3.8) is 0 Å². The van der Waals surface area contributed by atoms with E-state index in [0.29, 0.717) is 5.92 Å². The van der Waals surface area contributed by atoms with Crippen LogP contribution < -0.4 is 47.9 Å². The number of piperidine rings is 3. The summed E-state index contributed by atoms with van der Waals surface area (Å²) in [5.74, 6) is 0.661. The molecule has 0 aromatic heterocycles. The molecule has 0 saturated carbocycles. The van der Waals surface area contributed by atoms with E-state index in [4.69, 9.17) is 0 Å². The normalized spacial score (nSPS) is 14.8. The minimum atomic E-state index is 0.661. The predicted molar refractivity (Wildman–Crippen MR) is 359 cm³/mol. The lowest BCUT2D eigenvalue weighted by molar-refractivity contribution is 0.198. The van der Waals surface area contributed by atoms with Gasteiger partial charge < -0.3 is 72.4 Å². The first-order valence-corrected chi connectivity index (χ1v) is 30.4. The van der Waals surface area contributed by atoms with Crippen molar-refractivity contribution in [3.8, 4) is 0 Å². The first-order chi connectivity index (χ1) is 39.2. The van der Waals surface area contributed by atoms with E-state index in [1.807, 2.05) is 174 Å². The minimum absolute atomic E-state index is 0.661. The predicted octanol–water partition coefficient (Wildman–Crippen LogP) is 12.1. The number of rotatable bonds is 19. The molecule has 0 atom stereocenters. The van der Waals surface area contributed by atoms with Crippen LogP contribution >= 0.6 is 0 Å². The summed E-state index contributed by atoms with van der Waals surface area (Å²) in [5, 5.41) is 27.3. The van der Waals surface area contributed by atoms with Gasteiger partial charge in [-0.1, -0.05) is 102 Å². The molecule has 4 aliphatic rings. The van der Waals surface area contributed by atoms with Gasteiger partial charge in [-0.2, -0.15) is 0 Å². The van der Waals surface area contributed by atoms with Gasteiger partial charge >= 0.3 is 0 Å². The lowest BCUT2D eigenvalue weighted by atomic mass is 10.1. The van der Waals surface area contributed by atoms with E-state index < -0.39 is 0 Å². The molecule has 14 nitrogen and oxygen atoms in total. The number of benzene rings is 2. The van der Waals surface area contributed by atoms with Crippen LogP contribution in [0.15, 0.2) is 160 Å². The third-order valence-electron chi connectivity index (χ3n) is 11.3. The van der Waals surface area contributed by atoms with Crippen LogP contribution in [0, 0.1) is 5.92 Å². The molecule has 0 spiro atoms. The zero-order valence-electron chi connectivity index (χ0n) is 54.0. The summed E-state index contributed by atoms with van der Waals surface area (Å²) in [7, 11) is 11.7. The van der Waals surface area contributed by atoms with Gasteiger partial charge in [0.15, 0.2) is 0 Å². The number of allylic oxidation sites excluding steroid dienone is 2. The van der Waals surface area contributed by atoms with Gasteiger partial charge in [-0.05, 0) is 115 Å². The van der Waals surface area contributed by atoms with Crippen LogP contribution in [0.1, 0.15) is 126 Å². The maximum absolute atomic E-state index is 3.36. The van der Waals surface area contributed by atoms with Gasteiger partial charge in [-0.3, -0.25) is 0 Å². The molecule has 0 aliphatic carbocycles. The van der Waals surface area contributed by atoms with Crippen LogP contribution in [0.2, 0.25) is 0 Å². The Morgan fingerprint density at radius 1 is 0.438 bits per heavy atom. The molecular weight excluding hydrogens is 989 g/mol. The van der Waals surface area contributed by atoms with Crippen molar-refractivity contribution in [1.82, 2.24) is 67.0 Å². The number of anilines is 1. The van der Waals surface area contributed by atoms with Crippen LogP contribution in [0.25, 0.3) is 0 Å². The highest BCUT2D eigenvalue weighted by Crippen LogP contribution is 2.10. The van der Waals surface area contributed by atoms with Gasteiger partial charge in [0.05, 0.1) is 0 Å². The van der Waals surface area contributed by atoms with E-state index in [9.17, 15) is 0 Å². The molecule has 6 rings (SSSR count). The average molecular weight is 1120 g/mol. The van der Waals surface area contributed by atoms with Gasteiger partial charge in [0.2, 0.25) is 0 Å². The molecule has 0 radical (unpaired) electrons. The van der Waals surface area contributed by atoms with E-state index in [0.717, 1.165) is 38.4 Å². The SMILES string of the molecule is C=CC.CC.CC.CCNC=CC(C)C.CCNC=CN1CCCCC1.CNC=CN1CCCCC1.CNC=CN1CCCCC1.CNC=CN1CCN(C)CC1.CNC=CNCc1ccccc1.CNC=CNc1ccccc1. The van der Waals surface area contributed by atoms with Gasteiger partial charge in [0.25, 0.3) is 0 Å². The first-order valence-electron chi connectivity index (χ1n) is 30.4. The molecule has 4 aliphatic heterocycles. The molecule has 2 aromatic rings. The number of likely N-dealkylation sites (tertiary alicyclic amines) is 3. The second kappa shape index (κ2) is 68.8. The highest BCUT2D eigenvalue weighted by atomic mass is 15.2. The van der Waals surface area contributed by atoms with Crippen molar-refractivity contribution in [3.05, 3.63) is 166 Å². The zero-order chi connectivity index (χ0) is 60.2. The molecule has 80 heavy (non-hydrogen) atoms. The summed E-state index contributed by atoms with van der Waals surface area (Å²) in [5.41, 5.74) is 2.39. The zero-order valence-corrected chi connectivity index (χ0v) is 54.0. The number of para-hydroxylation sites is 1. The van der Waals surface area contributed by atoms with Crippen molar-refractivity contribution < 1.29 is 0 Å². The summed E-state index contributed by atoms with van der Waals surface area (Å²) in [6.07, 6.45) is 42.3. The van der Waals surface area contributed by atoms with Gasteiger partial charge in [-0.15, -0.1) is 6.58 Å². The molecule has 0 amide bonds. The Kier molecular flexibility index (Phi) is 69.0. The molecule has 0 bridgehead atoms. The Morgan fingerprint density at radius 3 is 1.16 bits per heavy atom. The van der Waals surface area contributed by atoms with Crippen molar-refractivity contribution in [2.45, 2.75) is 127 Å². The third-order valence-corrected chi connectivity index (χ3v) is 11.3. The maximum atomic E-state index is 3.36. The first kappa shape index (κ1) is 80.2. The Morgan fingerprint density at radius 2 is 0.787 bits per heavy atom. The minimum Gasteiger partial charge on any atom is -0.393 e. The van der Waals surface area contributed by atoms with Crippen molar-refractivity contribution in [2.75, 3.05) is 126 Å². The van der Waals surface area contributed by atoms with E-state index in [1.165, 1.54) is 116 Å². The van der Waals surface area contributed by atoms with Crippen LogP contribution in [0.5, 0.6) is 0 Å². The van der Waals surface area contributed by atoms with Gasteiger partial charge in [0, 0.05) is 200 Å². The Labute approximate surface area is 494 Å². The molecule has 9 N–H and O–H groups in total. The summed E-state index contributed by atoms with van der Waals surface area (Å²) in [4.78, 5) is 11.8. The smallest absolute Gasteiger partial charge is 0.0395 e. The monoisotopic (exact) mass is 1120 g/mol. The standard InChI is InChI=1S/C10H14N2.C9H12N2.C9H18N2.C8H17N3.2C8H16N2.C7H15N.C3H6.2C2H6/c1-11-7-8-12-9-10-5-3-2-4-6-10;1-10-7-8-11-9-5-3-2-4-6-9;1-2-10-6-9-11-7-4-3-5-8-11;1-9-3-4-11-7-5-10(2)6-8-11;2*1-9-5-8-10-6-3-2-4-7-10;1-4-8-6-5-7(2)3;1-3-2;2*1-2/h2-8,11-12H,9H2,1H3;2-8,10-11H,1H3;6,9-10H,2-5,7-8H2,1H3;3-4,9H,5-8H2,1-2H3;2*5,8-9H,2-4,6-7H2,1H3;5-8H,4H2,1-3H3;3H,1H2,2H3;2*1-2H3. The fourth-order valence-corrected chi connectivity index (χ4v) is 7.04. The lowest BCUT2D eigenvalue weighted by Crippen LogP contribution is -2.41. The number of hydrogen-bond acceptors (Lipinski definition) is 14. The quantitative estimate of drug-likeness (QED) is 0.0620. The van der Waals surface area contributed by atoms with E-state index in [2.05, 4.69) is 157 Å². The molecule has 0 unspecified atom stereocenters. The van der Waals surface area contributed by atoms with E-state index in [1.54, 1.807) is 6.08 Å². The Bertz CT molecular complexity index is 1640. The van der Waals surface area contributed by atoms with Gasteiger partial charge in [0.1, 0.15) is 0 Å². The van der Waals surface area contributed by atoms with E-state index >= 15 is 0 Å². The van der Waals surface area contributed by atoms with Crippen molar-refractivity contribution in [2.24, 2.45) is 5.92 Å². The molecular formula is C66H126N14. The second-order valence-corrected chi connectivity index (χ2v) is 18.5. The summed E-state index contributed by atoms with van der Waals surface area (Å²) in [6.45, 7) is 36.7. The number of likely N-dealkylation sites (N-methyl/N-ethyl adjacent to an activating group) is 1.